The van der Waals surface area contributed by atoms with Crippen LogP contribution in [0.15, 0.2) is 41.3 Å². The lowest BCUT2D eigenvalue weighted by Gasteiger charge is -2.20. The van der Waals surface area contributed by atoms with E-state index in [-0.39, 0.29) is 29.8 Å². The number of benzene rings is 1. The number of pyridine rings is 1. The molecule has 0 saturated carbocycles. The van der Waals surface area contributed by atoms with E-state index in [2.05, 4.69) is 26.3 Å². The summed E-state index contributed by atoms with van der Waals surface area (Å²) in [5, 5.41) is 4.18. The molecule has 0 spiro atoms. The van der Waals surface area contributed by atoms with Gasteiger partial charge >= 0.3 is 0 Å². The van der Waals surface area contributed by atoms with E-state index in [1.165, 1.54) is 5.56 Å². The molecular formula is C22H24N4O3. The van der Waals surface area contributed by atoms with Crippen molar-refractivity contribution in [3.8, 4) is 0 Å². The molecule has 3 heterocycles. The maximum atomic E-state index is 12.6. The van der Waals surface area contributed by atoms with Crippen LogP contribution in [-0.4, -0.2) is 40.1 Å². The number of amides is 1. The number of aryl methyl sites for hydroxylation is 2. The Hall–Kier alpha value is -3.06. The minimum atomic E-state index is -0.257. The summed E-state index contributed by atoms with van der Waals surface area (Å²) in [6.45, 7) is 4.54. The van der Waals surface area contributed by atoms with Gasteiger partial charge in [0.05, 0.1) is 31.2 Å². The maximum Gasteiger partial charge on any atom is 0.254 e. The molecule has 2 aromatic heterocycles. The van der Waals surface area contributed by atoms with Crippen molar-refractivity contribution in [2.45, 2.75) is 32.7 Å². The molecule has 1 saturated heterocycles. The van der Waals surface area contributed by atoms with Gasteiger partial charge in [0.25, 0.3) is 5.56 Å². The Morgan fingerprint density at radius 1 is 1.24 bits per heavy atom. The number of ether oxygens (including phenoxy) is 1. The summed E-state index contributed by atoms with van der Waals surface area (Å²) in [5.41, 5.74) is 2.90. The first-order valence-electron chi connectivity index (χ1n) is 9.77. The van der Waals surface area contributed by atoms with Crippen LogP contribution in [0.4, 0.5) is 0 Å². The Morgan fingerprint density at radius 2 is 2.07 bits per heavy atom. The second-order valence-corrected chi connectivity index (χ2v) is 7.55. The molecule has 7 nitrogen and oxygen atoms in total. The average molecular weight is 392 g/mol. The number of nitrogens with zero attached hydrogens (tertiary/aromatic N) is 2. The second-order valence-electron chi connectivity index (χ2n) is 7.55. The van der Waals surface area contributed by atoms with Crippen molar-refractivity contribution in [3.63, 3.8) is 0 Å². The van der Waals surface area contributed by atoms with Gasteiger partial charge in [0.1, 0.15) is 5.82 Å². The van der Waals surface area contributed by atoms with Crippen LogP contribution in [0.3, 0.4) is 0 Å². The van der Waals surface area contributed by atoms with Gasteiger partial charge in [0.15, 0.2) is 0 Å². The molecule has 29 heavy (non-hydrogen) atoms. The highest BCUT2D eigenvalue weighted by atomic mass is 16.5. The molecule has 0 unspecified atom stereocenters. The van der Waals surface area contributed by atoms with Crippen molar-refractivity contribution in [1.82, 2.24) is 20.3 Å². The Labute approximate surface area is 168 Å². The molecule has 2 atom stereocenters. The monoisotopic (exact) mass is 392 g/mol. The number of carbonyl (C=O) groups excluding carboxylic acids is 1. The van der Waals surface area contributed by atoms with Gasteiger partial charge in [-0.1, -0.05) is 18.2 Å². The normalized spacial score (nSPS) is 18.8. The highest BCUT2D eigenvalue weighted by molar-refractivity contribution is 5.82. The van der Waals surface area contributed by atoms with E-state index in [0.717, 1.165) is 17.3 Å². The molecule has 7 heteroatoms. The van der Waals surface area contributed by atoms with Gasteiger partial charge in [0.2, 0.25) is 5.91 Å². The zero-order chi connectivity index (χ0) is 20.4. The number of carbonyl (C=O) groups is 1. The van der Waals surface area contributed by atoms with Gasteiger partial charge in [-0.3, -0.25) is 14.6 Å². The Bertz CT molecular complexity index is 1100. The molecule has 1 amide bonds. The van der Waals surface area contributed by atoms with E-state index in [9.17, 15) is 9.59 Å². The number of fused-ring (bicyclic) bond motifs is 1. The summed E-state index contributed by atoms with van der Waals surface area (Å²) in [6, 6.07) is 9.99. The first kappa shape index (κ1) is 19.3. The van der Waals surface area contributed by atoms with Crippen LogP contribution in [0.5, 0.6) is 0 Å². The third-order valence-electron chi connectivity index (χ3n) is 5.44. The van der Waals surface area contributed by atoms with Crippen LogP contribution >= 0.6 is 0 Å². The fourth-order valence-corrected chi connectivity index (χ4v) is 3.95. The lowest BCUT2D eigenvalue weighted by atomic mass is 9.93. The number of rotatable bonds is 5. The minimum Gasteiger partial charge on any atom is -0.379 e. The quantitative estimate of drug-likeness (QED) is 0.691. The number of H-pyrrole nitrogens is 1. The number of hydrogen-bond acceptors (Lipinski definition) is 5. The molecule has 3 aromatic rings. The van der Waals surface area contributed by atoms with E-state index < -0.39 is 0 Å². The Morgan fingerprint density at radius 3 is 2.90 bits per heavy atom. The predicted molar refractivity (Wildman–Crippen MR) is 110 cm³/mol. The molecule has 0 bridgehead atoms. The van der Waals surface area contributed by atoms with Crippen molar-refractivity contribution in [2.75, 3.05) is 13.2 Å². The van der Waals surface area contributed by atoms with Gasteiger partial charge in [0, 0.05) is 28.8 Å². The van der Waals surface area contributed by atoms with Crippen LogP contribution in [0, 0.1) is 19.8 Å². The molecule has 1 aromatic carbocycles. The fraction of sp³-hybridized carbons (Fsp3) is 0.364. The SMILES string of the molecule is Cc1nc(C)c(CC(=O)N[C@@H]2COC[C@H]2Cc2ccnc3ccccc23)c(=O)[nH]1. The van der Waals surface area contributed by atoms with Crippen LogP contribution < -0.4 is 10.9 Å². The molecule has 0 radical (unpaired) electrons. The van der Waals surface area contributed by atoms with Crippen LogP contribution in [0.1, 0.15) is 22.6 Å². The van der Waals surface area contributed by atoms with Gasteiger partial charge < -0.3 is 15.0 Å². The lowest BCUT2D eigenvalue weighted by molar-refractivity contribution is -0.121. The van der Waals surface area contributed by atoms with Crippen molar-refractivity contribution in [2.24, 2.45) is 5.92 Å². The minimum absolute atomic E-state index is 0.00978. The number of aromatic nitrogens is 3. The van der Waals surface area contributed by atoms with Crippen LogP contribution in [0.2, 0.25) is 0 Å². The van der Waals surface area contributed by atoms with Crippen molar-refractivity contribution >= 4 is 16.8 Å². The molecule has 150 valence electrons. The van der Waals surface area contributed by atoms with E-state index in [0.29, 0.717) is 30.3 Å². The Kier molecular flexibility index (Phi) is 5.40. The van der Waals surface area contributed by atoms with E-state index in [4.69, 9.17) is 4.74 Å². The van der Waals surface area contributed by atoms with Crippen LogP contribution in [-0.2, 0) is 22.4 Å². The molecule has 4 rings (SSSR count). The largest absolute Gasteiger partial charge is 0.379 e. The van der Waals surface area contributed by atoms with Crippen LogP contribution in [0.25, 0.3) is 10.9 Å². The highest BCUT2D eigenvalue weighted by Gasteiger charge is 2.30. The highest BCUT2D eigenvalue weighted by Crippen LogP contribution is 2.24. The van der Waals surface area contributed by atoms with Gasteiger partial charge in [-0.15, -0.1) is 0 Å². The molecule has 1 fully saturated rings. The summed E-state index contributed by atoms with van der Waals surface area (Å²) in [6.07, 6.45) is 2.62. The number of para-hydroxylation sites is 1. The molecule has 1 aliphatic heterocycles. The summed E-state index contributed by atoms with van der Waals surface area (Å²) in [7, 11) is 0. The average Bonchev–Trinajstić information content (AvgIpc) is 3.11. The zero-order valence-electron chi connectivity index (χ0n) is 16.6. The zero-order valence-corrected chi connectivity index (χ0v) is 16.6. The smallest absolute Gasteiger partial charge is 0.254 e. The molecular weight excluding hydrogens is 368 g/mol. The summed E-state index contributed by atoms with van der Waals surface area (Å²) in [5.74, 6) is 0.523. The van der Waals surface area contributed by atoms with Crippen molar-refractivity contribution < 1.29 is 9.53 Å². The predicted octanol–water partition coefficient (Wildman–Crippen LogP) is 1.85. The van der Waals surface area contributed by atoms with Gasteiger partial charge in [-0.2, -0.15) is 0 Å². The summed E-state index contributed by atoms with van der Waals surface area (Å²) in [4.78, 5) is 36.1. The summed E-state index contributed by atoms with van der Waals surface area (Å²) >= 11 is 0. The fourth-order valence-electron chi connectivity index (χ4n) is 3.95. The van der Waals surface area contributed by atoms with Crippen molar-refractivity contribution in [3.05, 3.63) is 69.5 Å². The van der Waals surface area contributed by atoms with Crippen molar-refractivity contribution in [1.29, 1.82) is 0 Å². The maximum absolute atomic E-state index is 12.6. The van der Waals surface area contributed by atoms with E-state index >= 15 is 0 Å². The molecule has 1 aliphatic rings. The Balaban J connectivity index is 1.46. The molecule has 0 aliphatic carbocycles. The molecule has 2 N–H and O–H groups in total. The third kappa shape index (κ3) is 4.19. The first-order valence-corrected chi connectivity index (χ1v) is 9.77. The number of nitrogens with one attached hydrogen (secondary N) is 2. The lowest BCUT2D eigenvalue weighted by Crippen LogP contribution is -2.42. The van der Waals surface area contributed by atoms with Gasteiger partial charge in [-0.05, 0) is 38.0 Å². The second kappa shape index (κ2) is 8.13. The third-order valence-corrected chi connectivity index (χ3v) is 5.44. The number of aromatic amines is 1. The summed E-state index contributed by atoms with van der Waals surface area (Å²) < 4.78 is 5.66. The standard InChI is InChI=1S/C22H24N4O3/c1-13-18(22(28)25-14(2)24-13)10-21(27)26-20-12-29-11-16(20)9-15-7-8-23-19-6-4-3-5-17(15)19/h3-8,16,20H,9-12H2,1-2H3,(H,26,27)(H,24,25,28)/t16-,20-/m1/s1. The van der Waals surface area contributed by atoms with E-state index in [1.54, 1.807) is 13.8 Å². The van der Waals surface area contributed by atoms with Gasteiger partial charge in [-0.25, -0.2) is 4.98 Å². The first-order chi connectivity index (χ1) is 14.0. The van der Waals surface area contributed by atoms with E-state index in [1.807, 2.05) is 30.5 Å². The topological polar surface area (TPSA) is 97.0 Å². The number of hydrogen-bond donors (Lipinski definition) is 2.